The number of anilines is 1. The molecule has 1 amide bonds. The summed E-state index contributed by atoms with van der Waals surface area (Å²) in [5.41, 5.74) is 10.6. The van der Waals surface area contributed by atoms with Crippen molar-refractivity contribution in [3.8, 4) is 0 Å². The van der Waals surface area contributed by atoms with Gasteiger partial charge in [0, 0.05) is 15.0 Å². The zero-order valence-electron chi connectivity index (χ0n) is 11.8. The van der Waals surface area contributed by atoms with Crippen molar-refractivity contribution in [1.82, 2.24) is 10.3 Å². The number of carbonyl (C=O) groups excluding carboxylic acids is 1. The Labute approximate surface area is 130 Å². The van der Waals surface area contributed by atoms with Crippen molar-refractivity contribution in [2.45, 2.75) is 20.4 Å². The van der Waals surface area contributed by atoms with Gasteiger partial charge in [-0.1, -0.05) is 12.1 Å². The standard InChI is InChI=1S/C15H15N3OS2/c1-8-3-4-10-11(5-8)21-14(13(10)16)15(19)17-6-12-9(2)18-7-20-12/h3-5,7H,6,16H2,1-2H3,(H,17,19). The smallest absolute Gasteiger partial charge is 0.263 e. The van der Waals surface area contributed by atoms with Crippen LogP contribution in [0.5, 0.6) is 0 Å². The Hall–Kier alpha value is -1.92. The Balaban J connectivity index is 1.84. The van der Waals surface area contributed by atoms with Crippen LogP contribution in [0.15, 0.2) is 23.7 Å². The van der Waals surface area contributed by atoms with Crippen molar-refractivity contribution in [2.75, 3.05) is 5.73 Å². The summed E-state index contributed by atoms with van der Waals surface area (Å²) in [6.45, 7) is 4.46. The van der Waals surface area contributed by atoms with Gasteiger partial charge in [-0.2, -0.15) is 0 Å². The van der Waals surface area contributed by atoms with E-state index in [9.17, 15) is 4.79 Å². The van der Waals surface area contributed by atoms with Gasteiger partial charge in [-0.15, -0.1) is 22.7 Å². The van der Waals surface area contributed by atoms with Gasteiger partial charge in [0.05, 0.1) is 23.4 Å². The summed E-state index contributed by atoms with van der Waals surface area (Å²) in [5.74, 6) is -0.126. The summed E-state index contributed by atoms with van der Waals surface area (Å²) in [7, 11) is 0. The number of benzene rings is 1. The van der Waals surface area contributed by atoms with Crippen LogP contribution >= 0.6 is 22.7 Å². The molecule has 108 valence electrons. The average Bonchev–Trinajstić information content (AvgIpc) is 3.00. The Kier molecular flexibility index (Phi) is 3.65. The third-order valence-corrected chi connectivity index (χ3v) is 5.45. The molecule has 0 radical (unpaired) electrons. The normalized spacial score (nSPS) is 11.0. The molecule has 0 unspecified atom stereocenters. The number of fused-ring (bicyclic) bond motifs is 1. The number of hydrogen-bond donors (Lipinski definition) is 2. The minimum Gasteiger partial charge on any atom is -0.397 e. The lowest BCUT2D eigenvalue weighted by Crippen LogP contribution is -2.22. The van der Waals surface area contributed by atoms with Gasteiger partial charge >= 0.3 is 0 Å². The largest absolute Gasteiger partial charge is 0.397 e. The number of nitrogens with one attached hydrogen (secondary N) is 1. The lowest BCUT2D eigenvalue weighted by molar-refractivity contribution is 0.0956. The molecule has 0 aliphatic rings. The van der Waals surface area contributed by atoms with E-state index in [1.54, 1.807) is 16.8 Å². The quantitative estimate of drug-likeness (QED) is 0.777. The van der Waals surface area contributed by atoms with E-state index < -0.39 is 0 Å². The topological polar surface area (TPSA) is 68.0 Å². The van der Waals surface area contributed by atoms with E-state index in [0.29, 0.717) is 17.1 Å². The number of nitrogens with zero attached hydrogens (tertiary/aromatic N) is 1. The van der Waals surface area contributed by atoms with Crippen molar-refractivity contribution in [1.29, 1.82) is 0 Å². The number of thiophene rings is 1. The lowest BCUT2D eigenvalue weighted by atomic mass is 10.1. The summed E-state index contributed by atoms with van der Waals surface area (Å²) < 4.78 is 1.05. The minimum absolute atomic E-state index is 0.126. The van der Waals surface area contributed by atoms with Gasteiger partial charge in [-0.05, 0) is 25.5 Å². The summed E-state index contributed by atoms with van der Waals surface area (Å²) in [6.07, 6.45) is 0. The van der Waals surface area contributed by atoms with Gasteiger partial charge in [0.25, 0.3) is 5.91 Å². The molecule has 0 aliphatic heterocycles. The maximum absolute atomic E-state index is 12.3. The molecule has 0 saturated carbocycles. The second-order valence-corrected chi connectivity index (χ2v) is 6.88. The van der Waals surface area contributed by atoms with Crippen molar-refractivity contribution >= 4 is 44.4 Å². The first kappa shape index (κ1) is 14.0. The third kappa shape index (κ3) is 2.64. The fourth-order valence-electron chi connectivity index (χ4n) is 2.13. The van der Waals surface area contributed by atoms with Crippen LogP contribution in [0.2, 0.25) is 0 Å². The second-order valence-electron chi connectivity index (χ2n) is 4.89. The Bertz CT molecular complexity index is 820. The predicted molar refractivity (Wildman–Crippen MR) is 89.0 cm³/mol. The van der Waals surface area contributed by atoms with Crippen LogP contribution < -0.4 is 11.1 Å². The third-order valence-electron chi connectivity index (χ3n) is 3.34. The maximum atomic E-state index is 12.3. The van der Waals surface area contributed by atoms with Crippen LogP contribution in [0.3, 0.4) is 0 Å². The molecule has 0 atom stereocenters. The van der Waals surface area contributed by atoms with Crippen LogP contribution in [0.25, 0.3) is 10.1 Å². The van der Waals surface area contributed by atoms with Crippen molar-refractivity contribution in [3.63, 3.8) is 0 Å². The molecule has 0 saturated heterocycles. The highest BCUT2D eigenvalue weighted by Gasteiger charge is 2.16. The first-order chi connectivity index (χ1) is 10.1. The van der Waals surface area contributed by atoms with Crippen LogP contribution in [-0.2, 0) is 6.54 Å². The van der Waals surface area contributed by atoms with Crippen LogP contribution in [-0.4, -0.2) is 10.9 Å². The number of aryl methyl sites for hydroxylation is 2. The van der Waals surface area contributed by atoms with E-state index >= 15 is 0 Å². The van der Waals surface area contributed by atoms with E-state index in [-0.39, 0.29) is 5.91 Å². The van der Waals surface area contributed by atoms with E-state index in [1.165, 1.54) is 11.3 Å². The number of carbonyl (C=O) groups is 1. The Morgan fingerprint density at radius 2 is 2.19 bits per heavy atom. The van der Waals surface area contributed by atoms with Crippen molar-refractivity contribution in [2.24, 2.45) is 0 Å². The van der Waals surface area contributed by atoms with Gasteiger partial charge in [-0.3, -0.25) is 4.79 Å². The van der Waals surface area contributed by atoms with Gasteiger partial charge in [0.1, 0.15) is 4.88 Å². The molecule has 2 heterocycles. The first-order valence-electron chi connectivity index (χ1n) is 6.52. The molecule has 4 nitrogen and oxygen atoms in total. The maximum Gasteiger partial charge on any atom is 0.263 e. The average molecular weight is 317 g/mol. The molecular formula is C15H15N3OS2. The number of nitrogens with two attached hydrogens (primary N) is 1. The monoisotopic (exact) mass is 317 g/mol. The minimum atomic E-state index is -0.126. The highest BCUT2D eigenvalue weighted by Crippen LogP contribution is 2.34. The summed E-state index contributed by atoms with van der Waals surface area (Å²) in [5, 5.41) is 3.87. The van der Waals surface area contributed by atoms with Crippen molar-refractivity contribution < 1.29 is 4.79 Å². The molecule has 21 heavy (non-hydrogen) atoms. The molecule has 3 N–H and O–H groups in total. The van der Waals surface area contributed by atoms with Gasteiger partial charge in [0.2, 0.25) is 0 Å². The van der Waals surface area contributed by atoms with E-state index in [1.807, 2.05) is 26.0 Å². The molecule has 0 fully saturated rings. The highest BCUT2D eigenvalue weighted by atomic mass is 32.1. The number of hydrogen-bond acceptors (Lipinski definition) is 5. The Morgan fingerprint density at radius 1 is 1.38 bits per heavy atom. The van der Waals surface area contributed by atoms with Gasteiger partial charge in [0.15, 0.2) is 0 Å². The molecule has 1 aromatic carbocycles. The van der Waals surface area contributed by atoms with Gasteiger partial charge < -0.3 is 11.1 Å². The van der Waals surface area contributed by atoms with Crippen LogP contribution in [0, 0.1) is 13.8 Å². The molecule has 6 heteroatoms. The van der Waals surface area contributed by atoms with Crippen LogP contribution in [0.4, 0.5) is 5.69 Å². The first-order valence-corrected chi connectivity index (χ1v) is 8.21. The molecule has 0 bridgehead atoms. The highest BCUT2D eigenvalue weighted by molar-refractivity contribution is 7.21. The van der Waals surface area contributed by atoms with Gasteiger partial charge in [-0.25, -0.2) is 4.98 Å². The van der Waals surface area contributed by atoms with E-state index in [2.05, 4.69) is 16.4 Å². The fourth-order valence-corrected chi connectivity index (χ4v) is 3.98. The number of rotatable bonds is 3. The number of nitrogen functional groups attached to an aromatic ring is 1. The molecule has 0 aliphatic carbocycles. The molecule has 3 rings (SSSR count). The summed E-state index contributed by atoms with van der Waals surface area (Å²) in [4.78, 5) is 18.2. The number of amides is 1. The fraction of sp³-hybridized carbons (Fsp3) is 0.200. The SMILES string of the molecule is Cc1ccc2c(N)c(C(=O)NCc3scnc3C)sc2c1. The summed E-state index contributed by atoms with van der Waals surface area (Å²) >= 11 is 2.98. The second kappa shape index (κ2) is 5.46. The predicted octanol–water partition coefficient (Wildman–Crippen LogP) is 3.49. The van der Waals surface area contributed by atoms with E-state index in [4.69, 9.17) is 5.73 Å². The molecule has 0 spiro atoms. The number of thiazole rings is 1. The molecule has 3 aromatic rings. The zero-order chi connectivity index (χ0) is 15.0. The van der Waals surface area contributed by atoms with E-state index in [0.717, 1.165) is 26.2 Å². The molecule has 2 aromatic heterocycles. The van der Waals surface area contributed by atoms with Crippen molar-refractivity contribution in [3.05, 3.63) is 44.7 Å². The zero-order valence-corrected chi connectivity index (χ0v) is 13.4. The number of aromatic nitrogens is 1. The Morgan fingerprint density at radius 3 is 2.90 bits per heavy atom. The van der Waals surface area contributed by atoms with Crippen LogP contribution in [0.1, 0.15) is 25.8 Å². The molecular weight excluding hydrogens is 302 g/mol. The summed E-state index contributed by atoms with van der Waals surface area (Å²) in [6, 6.07) is 6.04. The lowest BCUT2D eigenvalue weighted by Gasteiger charge is -2.03.